The van der Waals surface area contributed by atoms with E-state index in [4.69, 9.17) is 15.0 Å². The maximum Gasteiger partial charge on any atom is 0.164 e. The highest BCUT2D eigenvalue weighted by molar-refractivity contribution is 5.81. The van der Waals surface area contributed by atoms with Gasteiger partial charge in [-0.2, -0.15) is 5.26 Å². The van der Waals surface area contributed by atoms with Crippen molar-refractivity contribution in [2.75, 3.05) is 0 Å². The maximum absolute atomic E-state index is 9.43. The molecule has 0 amide bonds. The molecule has 1 aromatic heterocycles. The van der Waals surface area contributed by atoms with Crippen molar-refractivity contribution in [3.05, 3.63) is 163 Å². The predicted molar refractivity (Wildman–Crippen MR) is 217 cm³/mol. The van der Waals surface area contributed by atoms with Crippen LogP contribution in [0.25, 0.3) is 67.5 Å². The first-order chi connectivity index (χ1) is 26.5. The first-order valence-electron chi connectivity index (χ1n) is 19.2. The first-order valence-corrected chi connectivity index (χ1v) is 19.2. The Morgan fingerprint density at radius 3 is 1.39 bits per heavy atom. The van der Waals surface area contributed by atoms with Gasteiger partial charge in [0.05, 0.1) is 11.6 Å². The zero-order valence-corrected chi connectivity index (χ0v) is 30.4. The lowest BCUT2D eigenvalue weighted by atomic mass is 9.39. The molecule has 4 nitrogen and oxygen atoms in total. The van der Waals surface area contributed by atoms with E-state index >= 15 is 0 Å². The second-order valence-corrected chi connectivity index (χ2v) is 16.0. The van der Waals surface area contributed by atoms with Crippen molar-refractivity contribution in [1.29, 1.82) is 5.26 Å². The fourth-order valence-electron chi connectivity index (χ4n) is 9.87. The van der Waals surface area contributed by atoms with E-state index in [1.165, 1.54) is 47.9 Å². The van der Waals surface area contributed by atoms with Gasteiger partial charge in [-0.3, -0.25) is 0 Å². The Morgan fingerprint density at radius 2 is 0.870 bits per heavy atom. The smallest absolute Gasteiger partial charge is 0.164 e. The van der Waals surface area contributed by atoms with Crippen LogP contribution >= 0.6 is 0 Å². The molecule has 10 rings (SSSR count). The SMILES string of the molecule is CC1(c2ccc(-c3cc(-c4ccc(-c5ccccc5)cc4)cc(-c4nc(-c5ccccc5)nc(-c5ccc(C#N)cc5)n4)c3)cc2)C[C@H]2CC3C[C@@H](C1)C32. The van der Waals surface area contributed by atoms with Gasteiger partial charge in [-0.05, 0) is 136 Å². The molecule has 3 aliphatic rings. The maximum atomic E-state index is 9.43. The van der Waals surface area contributed by atoms with Gasteiger partial charge in [0.1, 0.15) is 0 Å². The summed E-state index contributed by atoms with van der Waals surface area (Å²) >= 11 is 0. The van der Waals surface area contributed by atoms with E-state index in [1.807, 2.05) is 54.6 Å². The van der Waals surface area contributed by atoms with Crippen LogP contribution in [0.15, 0.2) is 152 Å². The third-order valence-corrected chi connectivity index (χ3v) is 12.6. The number of hydrogen-bond donors (Lipinski definition) is 0. The van der Waals surface area contributed by atoms with Gasteiger partial charge in [-0.25, -0.2) is 15.0 Å². The Balaban J connectivity index is 1.08. The van der Waals surface area contributed by atoms with Crippen LogP contribution in [0.5, 0.6) is 0 Å². The average molecular weight is 697 g/mol. The summed E-state index contributed by atoms with van der Waals surface area (Å²) in [6.07, 6.45) is 5.56. The van der Waals surface area contributed by atoms with Crippen molar-refractivity contribution >= 4 is 0 Å². The minimum Gasteiger partial charge on any atom is -0.208 e. The lowest BCUT2D eigenvalue weighted by Crippen LogP contribution is -2.58. The summed E-state index contributed by atoms with van der Waals surface area (Å²) < 4.78 is 0. The normalized spacial score (nSPS) is 22.3. The zero-order chi connectivity index (χ0) is 36.2. The molecule has 3 aliphatic carbocycles. The lowest BCUT2D eigenvalue weighted by molar-refractivity contribution is -0.141. The van der Waals surface area contributed by atoms with E-state index in [1.54, 1.807) is 0 Å². The predicted octanol–water partition coefficient (Wildman–Crippen LogP) is 12.1. The molecule has 0 aliphatic heterocycles. The summed E-state index contributed by atoms with van der Waals surface area (Å²) in [5.41, 5.74) is 11.9. The van der Waals surface area contributed by atoms with Crippen LogP contribution in [0.1, 0.15) is 43.7 Å². The highest BCUT2D eigenvalue weighted by Gasteiger charge is 2.59. The van der Waals surface area contributed by atoms with Crippen LogP contribution in [0.3, 0.4) is 0 Å². The Kier molecular flexibility index (Phi) is 7.84. The molecule has 4 heteroatoms. The molecular weight excluding hydrogens is 657 g/mol. The second kappa shape index (κ2) is 13.0. The van der Waals surface area contributed by atoms with Gasteiger partial charge in [0.25, 0.3) is 0 Å². The second-order valence-electron chi connectivity index (χ2n) is 16.0. The number of nitrogens with zero attached hydrogens (tertiary/aromatic N) is 4. The number of rotatable bonds is 7. The van der Waals surface area contributed by atoms with Gasteiger partial charge in [-0.15, -0.1) is 0 Å². The van der Waals surface area contributed by atoms with Crippen molar-refractivity contribution < 1.29 is 0 Å². The Hall–Kier alpha value is -6.18. The summed E-state index contributed by atoms with van der Waals surface area (Å²) in [6, 6.07) is 55.2. The average Bonchev–Trinajstić information content (AvgIpc) is 3.22. The molecule has 3 fully saturated rings. The molecule has 3 saturated carbocycles. The van der Waals surface area contributed by atoms with Crippen molar-refractivity contribution in [3.8, 4) is 73.6 Å². The van der Waals surface area contributed by atoms with E-state index < -0.39 is 0 Å². The molecule has 0 spiro atoms. The molecule has 1 heterocycles. The third-order valence-electron chi connectivity index (χ3n) is 12.6. The molecule has 0 radical (unpaired) electrons. The number of hydrogen-bond acceptors (Lipinski definition) is 4. The standard InChI is InChI=1S/C50H40N4/c1-50(29-43-27-41-28-44(30-50)46(41)43)45-22-20-36(21-23-45)40-24-39(35-18-16-34(17-19-35)33-8-4-2-5-9-33)25-42(26-40)49-53-47(37-10-6-3-7-11-37)52-48(54-49)38-14-12-32(31-51)13-15-38/h2-26,41,43-44,46H,27-30H2,1H3/t41?,43-,44+,46?,50?. The van der Waals surface area contributed by atoms with E-state index in [9.17, 15) is 5.26 Å². The van der Waals surface area contributed by atoms with Crippen molar-refractivity contribution in [3.63, 3.8) is 0 Å². The van der Waals surface area contributed by atoms with Gasteiger partial charge in [-0.1, -0.05) is 116 Å². The van der Waals surface area contributed by atoms with Crippen LogP contribution in [0, 0.1) is 35.0 Å². The summed E-state index contributed by atoms with van der Waals surface area (Å²) in [5, 5.41) is 9.43. The van der Waals surface area contributed by atoms with Crippen molar-refractivity contribution in [1.82, 2.24) is 15.0 Å². The molecule has 260 valence electrons. The molecule has 3 unspecified atom stereocenters. The number of aromatic nitrogens is 3. The van der Waals surface area contributed by atoms with E-state index in [0.29, 0.717) is 23.0 Å². The molecule has 0 bridgehead atoms. The van der Waals surface area contributed by atoms with Crippen LogP contribution < -0.4 is 0 Å². The Morgan fingerprint density at radius 1 is 0.463 bits per heavy atom. The van der Waals surface area contributed by atoms with Gasteiger partial charge in [0, 0.05) is 16.7 Å². The minimum absolute atomic E-state index is 0.254. The topological polar surface area (TPSA) is 62.5 Å². The summed E-state index contributed by atoms with van der Waals surface area (Å²) in [6.45, 7) is 2.51. The third kappa shape index (κ3) is 5.81. The largest absolute Gasteiger partial charge is 0.208 e. The zero-order valence-electron chi connectivity index (χ0n) is 30.4. The monoisotopic (exact) mass is 696 g/mol. The molecule has 6 aromatic carbocycles. The fraction of sp³-hybridized carbons (Fsp3) is 0.200. The van der Waals surface area contributed by atoms with Gasteiger partial charge in [0.2, 0.25) is 0 Å². The van der Waals surface area contributed by atoms with E-state index in [2.05, 4.69) is 110 Å². The quantitative estimate of drug-likeness (QED) is 0.166. The minimum atomic E-state index is 0.254. The molecule has 5 atom stereocenters. The van der Waals surface area contributed by atoms with Crippen LogP contribution in [0.4, 0.5) is 0 Å². The van der Waals surface area contributed by atoms with Crippen LogP contribution in [-0.2, 0) is 5.41 Å². The van der Waals surface area contributed by atoms with Crippen molar-refractivity contribution in [2.24, 2.45) is 23.7 Å². The summed E-state index contributed by atoms with van der Waals surface area (Å²) in [7, 11) is 0. The Bertz CT molecular complexity index is 2500. The summed E-state index contributed by atoms with van der Waals surface area (Å²) in [4.78, 5) is 15.1. The molecule has 7 aromatic rings. The molecule has 54 heavy (non-hydrogen) atoms. The van der Waals surface area contributed by atoms with Gasteiger partial charge in [0.15, 0.2) is 17.5 Å². The van der Waals surface area contributed by atoms with Gasteiger partial charge < -0.3 is 0 Å². The Labute approximate surface area is 317 Å². The molecule has 0 saturated heterocycles. The summed E-state index contributed by atoms with van der Waals surface area (Å²) in [5.74, 6) is 5.69. The number of nitriles is 1. The molecule has 0 N–H and O–H groups in total. The van der Waals surface area contributed by atoms with E-state index in [-0.39, 0.29) is 5.41 Å². The van der Waals surface area contributed by atoms with Crippen molar-refractivity contribution in [2.45, 2.75) is 38.0 Å². The fourth-order valence-corrected chi connectivity index (χ4v) is 9.87. The highest BCUT2D eigenvalue weighted by atomic mass is 15.0. The van der Waals surface area contributed by atoms with Gasteiger partial charge >= 0.3 is 0 Å². The highest BCUT2D eigenvalue weighted by Crippen LogP contribution is 2.67. The molecular formula is C50H40N4. The van der Waals surface area contributed by atoms with Crippen LogP contribution in [0.2, 0.25) is 0 Å². The number of benzene rings is 6. The lowest BCUT2D eigenvalue weighted by Gasteiger charge is -2.65. The van der Waals surface area contributed by atoms with Crippen LogP contribution in [-0.4, -0.2) is 15.0 Å². The van der Waals surface area contributed by atoms with E-state index in [0.717, 1.165) is 57.1 Å². The first kappa shape index (κ1) is 32.5.